The fourth-order valence-corrected chi connectivity index (χ4v) is 3.23. The van der Waals surface area contributed by atoms with Gasteiger partial charge in [-0.3, -0.25) is 9.48 Å². The number of alkyl halides is 3. The van der Waals surface area contributed by atoms with Gasteiger partial charge in [-0.2, -0.15) is 18.3 Å². The predicted octanol–water partition coefficient (Wildman–Crippen LogP) is 4.82. The Hall–Kier alpha value is -3.36. The van der Waals surface area contributed by atoms with Crippen LogP contribution in [0.3, 0.4) is 0 Å². The normalized spacial score (nSPS) is 14.9. The van der Waals surface area contributed by atoms with Gasteiger partial charge in [0, 0.05) is 25.5 Å². The first-order valence-corrected chi connectivity index (χ1v) is 9.87. The van der Waals surface area contributed by atoms with Crippen LogP contribution >= 0.6 is 0 Å². The molecule has 1 atom stereocenters. The summed E-state index contributed by atoms with van der Waals surface area (Å²) in [5.74, 6) is 0.599. The maximum Gasteiger partial charge on any atom is 0.416 e. The monoisotopic (exact) mass is 430 g/mol. The minimum absolute atomic E-state index is 0.0777. The average molecular weight is 430 g/mol. The van der Waals surface area contributed by atoms with E-state index in [4.69, 9.17) is 4.74 Å². The lowest BCUT2D eigenvalue weighted by atomic mass is 10.1. The van der Waals surface area contributed by atoms with E-state index >= 15 is 0 Å². The van der Waals surface area contributed by atoms with Crippen molar-refractivity contribution in [2.24, 2.45) is 13.0 Å². The fourth-order valence-electron chi connectivity index (χ4n) is 3.23. The first-order chi connectivity index (χ1) is 14.7. The van der Waals surface area contributed by atoms with E-state index in [1.54, 1.807) is 30.1 Å². The van der Waals surface area contributed by atoms with Crippen molar-refractivity contribution in [2.45, 2.75) is 32.0 Å². The van der Waals surface area contributed by atoms with Gasteiger partial charge in [0.2, 0.25) is 5.88 Å². The van der Waals surface area contributed by atoms with Crippen molar-refractivity contribution >= 4 is 5.91 Å². The molecule has 1 fully saturated rings. The molecule has 1 aliphatic carbocycles. The number of amides is 1. The second-order valence-corrected chi connectivity index (χ2v) is 7.68. The largest absolute Gasteiger partial charge is 0.438 e. The second kappa shape index (κ2) is 8.05. The van der Waals surface area contributed by atoms with E-state index < -0.39 is 11.7 Å². The molecular weight excluding hydrogens is 409 g/mol. The molecule has 1 aliphatic rings. The molecule has 1 aromatic carbocycles. The Morgan fingerprint density at radius 3 is 2.52 bits per heavy atom. The van der Waals surface area contributed by atoms with Crippen molar-refractivity contribution in [2.75, 3.05) is 0 Å². The van der Waals surface area contributed by atoms with E-state index in [9.17, 15) is 18.0 Å². The number of aromatic nitrogens is 3. The zero-order chi connectivity index (χ0) is 22.2. The van der Waals surface area contributed by atoms with E-state index in [2.05, 4.69) is 15.4 Å². The standard InChI is InChI=1S/C22H21F3N4O2/c1-13(14-3-4-14)27-20(30)15-11-18(19-9-10-29(2)28-19)21(26-12-15)31-17-7-5-16(6-8-17)22(23,24)25/h5-14H,3-4H2,1-2H3,(H,27,30)/t13-/m0/s1. The molecule has 1 saturated carbocycles. The van der Waals surface area contributed by atoms with E-state index in [1.807, 2.05) is 6.92 Å². The predicted molar refractivity (Wildman–Crippen MR) is 108 cm³/mol. The molecule has 0 saturated heterocycles. The first-order valence-electron chi connectivity index (χ1n) is 9.87. The van der Waals surface area contributed by atoms with Crippen LogP contribution in [0.25, 0.3) is 11.3 Å². The highest BCUT2D eigenvalue weighted by Crippen LogP contribution is 2.35. The smallest absolute Gasteiger partial charge is 0.416 e. The number of rotatable bonds is 6. The number of halogens is 3. The van der Waals surface area contributed by atoms with Crippen LogP contribution in [0.5, 0.6) is 11.6 Å². The van der Waals surface area contributed by atoms with Gasteiger partial charge < -0.3 is 10.1 Å². The van der Waals surface area contributed by atoms with E-state index in [0.29, 0.717) is 22.7 Å². The van der Waals surface area contributed by atoms with Crippen LogP contribution in [0.4, 0.5) is 13.2 Å². The summed E-state index contributed by atoms with van der Waals surface area (Å²) in [5.41, 5.74) is 0.580. The van der Waals surface area contributed by atoms with Crippen molar-refractivity contribution in [3.8, 4) is 22.9 Å². The molecule has 162 valence electrons. The Bertz CT molecular complexity index is 1090. The van der Waals surface area contributed by atoms with Crippen LogP contribution < -0.4 is 10.1 Å². The van der Waals surface area contributed by atoms with Crippen LogP contribution in [0.15, 0.2) is 48.8 Å². The zero-order valence-corrected chi connectivity index (χ0v) is 17.0. The van der Waals surface area contributed by atoms with Crippen molar-refractivity contribution in [3.05, 3.63) is 59.9 Å². The van der Waals surface area contributed by atoms with E-state index in [0.717, 1.165) is 25.0 Å². The van der Waals surface area contributed by atoms with E-state index in [1.165, 1.54) is 18.3 Å². The van der Waals surface area contributed by atoms with Crippen LogP contribution in [0, 0.1) is 5.92 Å². The molecule has 4 rings (SSSR count). The minimum Gasteiger partial charge on any atom is -0.438 e. The molecule has 0 spiro atoms. The van der Waals surface area contributed by atoms with Gasteiger partial charge in [0.1, 0.15) is 5.75 Å². The van der Waals surface area contributed by atoms with Gasteiger partial charge in [0.15, 0.2) is 0 Å². The van der Waals surface area contributed by atoms with Crippen molar-refractivity contribution in [1.82, 2.24) is 20.1 Å². The van der Waals surface area contributed by atoms with Crippen LogP contribution in [-0.4, -0.2) is 26.7 Å². The maximum atomic E-state index is 12.8. The summed E-state index contributed by atoms with van der Waals surface area (Å²) < 4.78 is 45.7. The Morgan fingerprint density at radius 2 is 1.94 bits per heavy atom. The van der Waals surface area contributed by atoms with Gasteiger partial charge in [-0.05, 0) is 62.1 Å². The van der Waals surface area contributed by atoms with Gasteiger partial charge in [0.05, 0.1) is 22.4 Å². The molecule has 9 heteroatoms. The van der Waals surface area contributed by atoms with Gasteiger partial charge in [-0.15, -0.1) is 0 Å². The average Bonchev–Trinajstić information content (AvgIpc) is 3.49. The second-order valence-electron chi connectivity index (χ2n) is 7.68. The SMILES string of the molecule is C[C@H](NC(=O)c1cnc(Oc2ccc(C(F)(F)F)cc2)c(-c2ccn(C)n2)c1)C1CC1. The number of nitrogens with one attached hydrogen (secondary N) is 1. The number of pyridine rings is 1. The summed E-state index contributed by atoms with van der Waals surface area (Å²) in [7, 11) is 1.75. The third-order valence-corrected chi connectivity index (χ3v) is 5.19. The summed E-state index contributed by atoms with van der Waals surface area (Å²) in [5, 5.41) is 7.33. The minimum atomic E-state index is -4.43. The van der Waals surface area contributed by atoms with Gasteiger partial charge in [-0.25, -0.2) is 4.98 Å². The third-order valence-electron chi connectivity index (χ3n) is 5.19. The molecule has 0 radical (unpaired) electrons. The molecule has 3 aromatic rings. The molecule has 1 amide bonds. The topological polar surface area (TPSA) is 69.0 Å². The first kappa shape index (κ1) is 20.9. The summed E-state index contributed by atoms with van der Waals surface area (Å²) in [6.07, 6.45) is 0.917. The molecule has 31 heavy (non-hydrogen) atoms. The lowest BCUT2D eigenvalue weighted by Gasteiger charge is -2.14. The van der Waals surface area contributed by atoms with Crippen molar-refractivity contribution in [1.29, 1.82) is 0 Å². The highest BCUT2D eigenvalue weighted by Gasteiger charge is 2.30. The molecule has 2 heterocycles. The summed E-state index contributed by atoms with van der Waals surface area (Å²) in [6, 6.07) is 7.78. The third kappa shape index (κ3) is 4.87. The van der Waals surface area contributed by atoms with Gasteiger partial charge >= 0.3 is 6.18 Å². The van der Waals surface area contributed by atoms with Gasteiger partial charge in [-0.1, -0.05) is 0 Å². The number of carbonyl (C=O) groups is 1. The summed E-state index contributed by atoms with van der Waals surface area (Å²) >= 11 is 0. The number of hydrogen-bond donors (Lipinski definition) is 1. The summed E-state index contributed by atoms with van der Waals surface area (Å²) in [6.45, 7) is 1.98. The van der Waals surface area contributed by atoms with Crippen LogP contribution in [-0.2, 0) is 13.2 Å². The molecule has 2 aromatic heterocycles. The lowest BCUT2D eigenvalue weighted by molar-refractivity contribution is -0.137. The van der Waals surface area contributed by atoms with Crippen molar-refractivity contribution < 1.29 is 22.7 Å². The lowest BCUT2D eigenvalue weighted by Crippen LogP contribution is -2.34. The zero-order valence-electron chi connectivity index (χ0n) is 17.0. The number of benzene rings is 1. The Labute approximate surface area is 177 Å². The van der Waals surface area contributed by atoms with Crippen molar-refractivity contribution in [3.63, 3.8) is 0 Å². The molecule has 0 aliphatic heterocycles. The maximum absolute atomic E-state index is 12.8. The Balaban J connectivity index is 1.62. The molecule has 0 bridgehead atoms. The summed E-state index contributed by atoms with van der Waals surface area (Å²) in [4.78, 5) is 16.9. The molecular formula is C22H21F3N4O2. The number of ether oxygens (including phenoxy) is 1. The quantitative estimate of drug-likeness (QED) is 0.609. The number of nitrogens with zero attached hydrogens (tertiary/aromatic N) is 3. The van der Waals surface area contributed by atoms with E-state index in [-0.39, 0.29) is 23.6 Å². The van der Waals surface area contributed by atoms with Crippen LogP contribution in [0.2, 0.25) is 0 Å². The Morgan fingerprint density at radius 1 is 1.23 bits per heavy atom. The van der Waals surface area contributed by atoms with Crippen LogP contribution in [0.1, 0.15) is 35.7 Å². The highest BCUT2D eigenvalue weighted by molar-refractivity contribution is 5.95. The molecule has 0 unspecified atom stereocenters. The fraction of sp³-hybridized carbons (Fsp3) is 0.318. The highest BCUT2D eigenvalue weighted by atomic mass is 19.4. The number of aryl methyl sites for hydroxylation is 1. The van der Waals surface area contributed by atoms with Gasteiger partial charge in [0.25, 0.3) is 5.91 Å². The number of carbonyl (C=O) groups excluding carboxylic acids is 1. The molecule has 1 N–H and O–H groups in total. The number of hydrogen-bond acceptors (Lipinski definition) is 4. The Kier molecular flexibility index (Phi) is 5.43. The molecule has 6 nitrogen and oxygen atoms in total.